The number of ether oxygens (including phenoxy) is 2. The third-order valence-corrected chi connectivity index (χ3v) is 5.97. The summed E-state index contributed by atoms with van der Waals surface area (Å²) in [4.78, 5) is 14.0. The summed E-state index contributed by atoms with van der Waals surface area (Å²) in [6.07, 6.45) is 0. The quantitative estimate of drug-likeness (QED) is 0.674. The van der Waals surface area contributed by atoms with Gasteiger partial charge in [-0.3, -0.25) is 4.79 Å². The molecule has 0 aromatic heterocycles. The fraction of sp³-hybridized carbons (Fsp3) is 0.588. The number of carbonyl (C=O) groups is 1. The van der Waals surface area contributed by atoms with E-state index in [-0.39, 0.29) is 16.7 Å². The van der Waals surface area contributed by atoms with Gasteiger partial charge in [0.1, 0.15) is 12.4 Å². The molecule has 0 unspecified atom stereocenters. The lowest BCUT2D eigenvalue weighted by molar-refractivity contribution is -0.135. The molecule has 2 rings (SSSR count). The van der Waals surface area contributed by atoms with Gasteiger partial charge in [0.15, 0.2) is 0 Å². The van der Waals surface area contributed by atoms with Crippen LogP contribution in [0.15, 0.2) is 29.2 Å². The van der Waals surface area contributed by atoms with Crippen molar-refractivity contribution in [2.24, 2.45) is 5.92 Å². The maximum absolute atomic E-state index is 12.7. The normalized spacial score (nSPS) is 16.2. The summed E-state index contributed by atoms with van der Waals surface area (Å²) in [6.45, 7) is 6.06. The summed E-state index contributed by atoms with van der Waals surface area (Å²) in [6, 6.07) is 6.37. The molecule has 140 valence electrons. The van der Waals surface area contributed by atoms with Crippen LogP contribution in [-0.4, -0.2) is 70.0 Å². The zero-order chi connectivity index (χ0) is 18.4. The number of benzene rings is 1. The Bertz CT molecular complexity index is 665. The predicted octanol–water partition coefficient (Wildman–Crippen LogP) is 1.20. The van der Waals surface area contributed by atoms with Crippen LogP contribution < -0.4 is 4.74 Å². The van der Waals surface area contributed by atoms with Gasteiger partial charge in [-0.05, 0) is 24.3 Å². The SMILES string of the molecule is COCCOc1ccc(S(=O)(=O)N2CCN(C(=O)C(C)C)CC2)cc1. The van der Waals surface area contributed by atoms with Crippen molar-refractivity contribution < 1.29 is 22.7 Å². The molecule has 1 saturated heterocycles. The Labute approximate surface area is 149 Å². The van der Waals surface area contributed by atoms with Crippen LogP contribution in [0.3, 0.4) is 0 Å². The molecule has 0 atom stereocenters. The van der Waals surface area contributed by atoms with Crippen LogP contribution in [0.2, 0.25) is 0 Å². The molecule has 25 heavy (non-hydrogen) atoms. The van der Waals surface area contributed by atoms with E-state index in [2.05, 4.69) is 0 Å². The molecule has 8 heteroatoms. The molecule has 0 spiro atoms. The van der Waals surface area contributed by atoms with Gasteiger partial charge in [-0.2, -0.15) is 4.31 Å². The van der Waals surface area contributed by atoms with Crippen LogP contribution in [0.25, 0.3) is 0 Å². The van der Waals surface area contributed by atoms with Gasteiger partial charge in [-0.15, -0.1) is 0 Å². The van der Waals surface area contributed by atoms with Crippen LogP contribution >= 0.6 is 0 Å². The summed E-state index contributed by atoms with van der Waals surface area (Å²) >= 11 is 0. The molecule has 1 fully saturated rings. The average molecular weight is 370 g/mol. The van der Waals surface area contributed by atoms with Gasteiger partial charge in [-0.25, -0.2) is 8.42 Å². The van der Waals surface area contributed by atoms with E-state index in [9.17, 15) is 13.2 Å². The first-order valence-corrected chi connectivity index (χ1v) is 9.81. The molecule has 0 N–H and O–H groups in total. The van der Waals surface area contributed by atoms with Crippen LogP contribution in [0.4, 0.5) is 0 Å². The third kappa shape index (κ3) is 4.93. The van der Waals surface area contributed by atoms with Crippen LogP contribution in [-0.2, 0) is 19.6 Å². The molecule has 0 radical (unpaired) electrons. The van der Waals surface area contributed by atoms with Crippen molar-refractivity contribution in [1.29, 1.82) is 0 Å². The minimum Gasteiger partial charge on any atom is -0.491 e. The van der Waals surface area contributed by atoms with Crippen LogP contribution in [0.5, 0.6) is 5.75 Å². The van der Waals surface area contributed by atoms with Gasteiger partial charge in [0, 0.05) is 39.2 Å². The number of amides is 1. The number of hydrogen-bond acceptors (Lipinski definition) is 5. The lowest BCUT2D eigenvalue weighted by Gasteiger charge is -2.34. The highest BCUT2D eigenvalue weighted by Gasteiger charge is 2.30. The lowest BCUT2D eigenvalue weighted by atomic mass is 10.2. The molecule has 1 aromatic carbocycles. The first kappa shape index (κ1) is 19.7. The second-order valence-electron chi connectivity index (χ2n) is 6.20. The van der Waals surface area contributed by atoms with Gasteiger partial charge >= 0.3 is 0 Å². The van der Waals surface area contributed by atoms with Gasteiger partial charge < -0.3 is 14.4 Å². The molecule has 1 aliphatic rings. The lowest BCUT2D eigenvalue weighted by Crippen LogP contribution is -2.51. The van der Waals surface area contributed by atoms with Crippen molar-refractivity contribution in [3.8, 4) is 5.75 Å². The van der Waals surface area contributed by atoms with Crippen molar-refractivity contribution in [2.75, 3.05) is 46.5 Å². The van der Waals surface area contributed by atoms with E-state index >= 15 is 0 Å². The van der Waals surface area contributed by atoms with Crippen molar-refractivity contribution in [1.82, 2.24) is 9.21 Å². The zero-order valence-electron chi connectivity index (χ0n) is 15.0. The number of rotatable bonds is 7. The molecule has 1 aliphatic heterocycles. The van der Waals surface area contributed by atoms with Gasteiger partial charge in [0.25, 0.3) is 0 Å². The predicted molar refractivity (Wildman–Crippen MR) is 94.0 cm³/mol. The summed E-state index contributed by atoms with van der Waals surface area (Å²) < 4.78 is 37.2. The van der Waals surface area contributed by atoms with E-state index in [0.29, 0.717) is 45.1 Å². The maximum Gasteiger partial charge on any atom is 0.243 e. The first-order chi connectivity index (χ1) is 11.9. The highest BCUT2D eigenvalue weighted by Crippen LogP contribution is 2.21. The van der Waals surface area contributed by atoms with E-state index in [1.807, 2.05) is 13.8 Å². The summed E-state index contributed by atoms with van der Waals surface area (Å²) in [5, 5.41) is 0. The Morgan fingerprint density at radius 2 is 1.68 bits per heavy atom. The molecular weight excluding hydrogens is 344 g/mol. The largest absolute Gasteiger partial charge is 0.491 e. The number of sulfonamides is 1. The molecular formula is C17H26N2O5S. The molecule has 0 saturated carbocycles. The fourth-order valence-corrected chi connectivity index (χ4v) is 4.04. The monoisotopic (exact) mass is 370 g/mol. The van der Waals surface area contributed by atoms with E-state index in [0.717, 1.165) is 0 Å². The van der Waals surface area contributed by atoms with Crippen molar-refractivity contribution in [3.05, 3.63) is 24.3 Å². The first-order valence-electron chi connectivity index (χ1n) is 8.37. The van der Waals surface area contributed by atoms with Crippen molar-refractivity contribution in [2.45, 2.75) is 18.7 Å². The number of nitrogens with zero attached hydrogens (tertiary/aromatic N) is 2. The summed E-state index contributed by atoms with van der Waals surface area (Å²) in [5.74, 6) is 0.590. The smallest absolute Gasteiger partial charge is 0.243 e. The van der Waals surface area contributed by atoms with E-state index in [1.54, 1.807) is 36.3 Å². The van der Waals surface area contributed by atoms with Crippen LogP contribution in [0.1, 0.15) is 13.8 Å². The number of hydrogen-bond donors (Lipinski definition) is 0. The van der Waals surface area contributed by atoms with Crippen molar-refractivity contribution in [3.63, 3.8) is 0 Å². The second kappa shape index (κ2) is 8.64. The van der Waals surface area contributed by atoms with Gasteiger partial charge in [0.2, 0.25) is 15.9 Å². The number of piperazine rings is 1. The molecule has 1 amide bonds. The molecule has 1 aromatic rings. The summed E-state index contributed by atoms with van der Waals surface area (Å²) in [5.41, 5.74) is 0. The molecule has 0 aliphatic carbocycles. The Kier molecular flexibility index (Phi) is 6.80. The topological polar surface area (TPSA) is 76.2 Å². The third-order valence-electron chi connectivity index (χ3n) is 4.06. The molecule has 7 nitrogen and oxygen atoms in total. The Hall–Kier alpha value is -1.64. The Balaban J connectivity index is 1.98. The fourth-order valence-electron chi connectivity index (χ4n) is 2.61. The standard InChI is InChI=1S/C17H26N2O5S/c1-14(2)17(20)18-8-10-19(11-9-18)25(21,22)16-6-4-15(5-7-16)24-13-12-23-3/h4-7,14H,8-13H2,1-3H3. The minimum absolute atomic E-state index is 0.0645. The van der Waals surface area contributed by atoms with E-state index in [1.165, 1.54) is 4.31 Å². The van der Waals surface area contributed by atoms with Gasteiger partial charge in [0.05, 0.1) is 11.5 Å². The highest BCUT2D eigenvalue weighted by molar-refractivity contribution is 7.89. The number of methoxy groups -OCH3 is 1. The molecule has 1 heterocycles. The summed E-state index contributed by atoms with van der Waals surface area (Å²) in [7, 11) is -1.97. The van der Waals surface area contributed by atoms with E-state index in [4.69, 9.17) is 9.47 Å². The Morgan fingerprint density at radius 3 is 2.20 bits per heavy atom. The highest BCUT2D eigenvalue weighted by atomic mass is 32.2. The van der Waals surface area contributed by atoms with Crippen LogP contribution in [0, 0.1) is 5.92 Å². The average Bonchev–Trinajstić information content (AvgIpc) is 2.62. The second-order valence-corrected chi connectivity index (χ2v) is 8.13. The van der Waals surface area contributed by atoms with Crippen molar-refractivity contribution >= 4 is 15.9 Å². The minimum atomic E-state index is -3.56. The molecule has 0 bridgehead atoms. The maximum atomic E-state index is 12.7. The van der Waals surface area contributed by atoms with E-state index < -0.39 is 10.0 Å². The number of carbonyl (C=O) groups excluding carboxylic acids is 1. The zero-order valence-corrected chi connectivity index (χ0v) is 15.8. The Morgan fingerprint density at radius 1 is 1.08 bits per heavy atom. The van der Waals surface area contributed by atoms with Gasteiger partial charge in [-0.1, -0.05) is 13.8 Å².